The van der Waals surface area contributed by atoms with Crippen LogP contribution in [-0.2, 0) is 16.2 Å². The Bertz CT molecular complexity index is 1420. The van der Waals surface area contributed by atoms with Gasteiger partial charge in [-0.15, -0.1) is 0 Å². The lowest BCUT2D eigenvalue weighted by atomic mass is 9.91. The molecule has 1 aliphatic heterocycles. The van der Waals surface area contributed by atoms with Gasteiger partial charge >= 0.3 is 0 Å². The molecule has 0 bridgehead atoms. The van der Waals surface area contributed by atoms with E-state index in [-0.39, 0.29) is 12.2 Å². The third-order valence-electron chi connectivity index (χ3n) is 6.04. The first kappa shape index (κ1) is 25.2. The number of rotatable bonds is 6. The molecule has 0 N–H and O–H groups in total. The third kappa shape index (κ3) is 5.21. The molecule has 7 heteroatoms. The van der Waals surface area contributed by atoms with Crippen molar-refractivity contribution in [3.8, 4) is 11.8 Å². The summed E-state index contributed by atoms with van der Waals surface area (Å²) in [5, 5.41) is 10.8. The van der Waals surface area contributed by atoms with Gasteiger partial charge in [0.15, 0.2) is 0 Å². The molecular weight excluding hydrogens is 495 g/mol. The molecule has 36 heavy (non-hydrogen) atoms. The summed E-state index contributed by atoms with van der Waals surface area (Å²) in [4.78, 5) is 27.6. The van der Waals surface area contributed by atoms with Crippen LogP contribution in [0.4, 0.5) is 0 Å². The molecule has 1 aliphatic rings. The molecule has 1 heterocycles. The van der Waals surface area contributed by atoms with Gasteiger partial charge in [0.25, 0.3) is 11.8 Å². The Kier molecular flexibility index (Phi) is 7.59. The number of benzene rings is 3. The molecule has 2 amide bonds. The van der Waals surface area contributed by atoms with Crippen LogP contribution in [0.2, 0.25) is 10.0 Å². The van der Waals surface area contributed by atoms with Gasteiger partial charge in [-0.2, -0.15) is 5.26 Å². The normalized spacial score (nSPS) is 15.8. The first-order valence-electron chi connectivity index (χ1n) is 11.2. The summed E-state index contributed by atoms with van der Waals surface area (Å²) in [6, 6.07) is 23.1. The Morgan fingerprint density at radius 1 is 1.00 bits per heavy atom. The predicted molar refractivity (Wildman–Crippen MR) is 140 cm³/mol. The lowest BCUT2D eigenvalue weighted by Gasteiger charge is -2.32. The van der Waals surface area contributed by atoms with Crippen molar-refractivity contribution in [2.24, 2.45) is 0 Å². The smallest absolute Gasteiger partial charge is 0.272 e. The highest BCUT2D eigenvalue weighted by Crippen LogP contribution is 2.33. The Hall–Kier alpha value is -3.85. The van der Waals surface area contributed by atoms with Gasteiger partial charge in [-0.25, -0.2) is 0 Å². The molecule has 3 aromatic carbocycles. The van der Waals surface area contributed by atoms with Crippen LogP contribution in [0.1, 0.15) is 36.6 Å². The van der Waals surface area contributed by atoms with E-state index >= 15 is 0 Å². The van der Waals surface area contributed by atoms with E-state index in [9.17, 15) is 14.9 Å². The number of nitriles is 1. The zero-order valence-corrected chi connectivity index (χ0v) is 21.2. The van der Waals surface area contributed by atoms with Crippen LogP contribution >= 0.6 is 23.2 Å². The molecule has 1 atom stereocenters. The average Bonchev–Trinajstić information content (AvgIpc) is 2.87. The maximum Gasteiger partial charge on any atom is 0.272 e. The van der Waals surface area contributed by atoms with E-state index in [0.29, 0.717) is 26.9 Å². The fourth-order valence-corrected chi connectivity index (χ4v) is 4.42. The first-order chi connectivity index (χ1) is 17.3. The quantitative estimate of drug-likeness (QED) is 0.263. The lowest BCUT2D eigenvalue weighted by Crippen LogP contribution is -2.44. The van der Waals surface area contributed by atoms with Crippen LogP contribution in [0.5, 0.6) is 5.75 Å². The second-order valence-electron chi connectivity index (χ2n) is 8.33. The van der Waals surface area contributed by atoms with Crippen molar-refractivity contribution in [3.63, 3.8) is 0 Å². The van der Waals surface area contributed by atoms with Gasteiger partial charge < -0.3 is 4.74 Å². The van der Waals surface area contributed by atoms with Crippen molar-refractivity contribution < 1.29 is 14.3 Å². The second-order valence-corrected chi connectivity index (χ2v) is 9.17. The fraction of sp³-hybridized carbons (Fsp3) is 0.138. The van der Waals surface area contributed by atoms with Crippen LogP contribution in [0.25, 0.3) is 6.08 Å². The minimum atomic E-state index is -0.585. The highest BCUT2D eigenvalue weighted by molar-refractivity contribution is 6.35. The largest absolute Gasteiger partial charge is 0.489 e. The van der Waals surface area contributed by atoms with Crippen LogP contribution < -0.4 is 4.74 Å². The lowest BCUT2D eigenvalue weighted by molar-refractivity contribution is -0.143. The maximum absolute atomic E-state index is 13.5. The zero-order chi connectivity index (χ0) is 25.8. The SMILES string of the molecule is CC1=C(C#N)C(=O)N(C(C)c2ccccc2)C(=O)/C1=C/c1ccc(OCc2ccc(Cl)cc2Cl)cc1. The highest BCUT2D eigenvalue weighted by atomic mass is 35.5. The predicted octanol–water partition coefficient (Wildman–Crippen LogP) is 6.93. The van der Waals surface area contributed by atoms with E-state index in [0.717, 1.165) is 21.6 Å². The van der Waals surface area contributed by atoms with E-state index in [4.69, 9.17) is 27.9 Å². The summed E-state index contributed by atoms with van der Waals surface area (Å²) in [5.74, 6) is -0.402. The van der Waals surface area contributed by atoms with E-state index < -0.39 is 17.9 Å². The van der Waals surface area contributed by atoms with Crippen molar-refractivity contribution in [1.82, 2.24) is 4.90 Å². The number of ether oxygens (including phenoxy) is 1. The summed E-state index contributed by atoms with van der Waals surface area (Å²) in [5.41, 5.74) is 2.97. The monoisotopic (exact) mass is 516 g/mol. The molecule has 3 aromatic rings. The van der Waals surface area contributed by atoms with Gasteiger partial charge in [-0.3, -0.25) is 14.5 Å². The van der Waals surface area contributed by atoms with Crippen molar-refractivity contribution in [1.29, 1.82) is 5.26 Å². The fourth-order valence-electron chi connectivity index (χ4n) is 3.96. The minimum absolute atomic E-state index is 0.0385. The molecule has 5 nitrogen and oxygen atoms in total. The molecule has 4 rings (SSSR count). The number of amides is 2. The number of carbonyl (C=O) groups is 2. The standard InChI is InChI=1S/C29H22Cl2N2O3/c1-18-25(28(34)33(29(35)26(18)16-32)19(2)21-6-4-3-5-7-21)14-20-8-12-24(13-9-20)36-17-22-10-11-23(30)15-27(22)31/h3-15,19H,17H2,1-2H3/b25-14+. The zero-order valence-electron chi connectivity index (χ0n) is 19.7. The summed E-state index contributed by atoms with van der Waals surface area (Å²) in [7, 11) is 0. The summed E-state index contributed by atoms with van der Waals surface area (Å²) < 4.78 is 5.83. The number of carbonyl (C=O) groups excluding carboxylic acids is 2. The molecule has 1 unspecified atom stereocenters. The van der Waals surface area contributed by atoms with Crippen LogP contribution in [0, 0.1) is 11.3 Å². The molecule has 180 valence electrons. The number of hydrogen-bond acceptors (Lipinski definition) is 4. The Morgan fingerprint density at radius 3 is 2.33 bits per heavy atom. The Balaban J connectivity index is 1.59. The number of hydrogen-bond donors (Lipinski definition) is 0. The van der Waals surface area contributed by atoms with Gasteiger partial charge in [0, 0.05) is 21.2 Å². The van der Waals surface area contributed by atoms with E-state index in [1.807, 2.05) is 42.5 Å². The molecule has 0 saturated heterocycles. The topological polar surface area (TPSA) is 70.4 Å². The van der Waals surface area contributed by atoms with Gasteiger partial charge in [-0.1, -0.05) is 71.7 Å². The van der Waals surface area contributed by atoms with Gasteiger partial charge in [0.05, 0.1) is 6.04 Å². The average molecular weight is 517 g/mol. The molecule has 0 radical (unpaired) electrons. The van der Waals surface area contributed by atoms with Crippen LogP contribution in [-0.4, -0.2) is 16.7 Å². The number of nitrogens with zero attached hydrogens (tertiary/aromatic N) is 2. The Morgan fingerprint density at radius 2 is 1.69 bits per heavy atom. The highest BCUT2D eigenvalue weighted by Gasteiger charge is 2.38. The summed E-state index contributed by atoms with van der Waals surface area (Å²) in [6.07, 6.45) is 1.69. The van der Waals surface area contributed by atoms with Crippen molar-refractivity contribution in [2.45, 2.75) is 26.5 Å². The minimum Gasteiger partial charge on any atom is -0.489 e. The van der Waals surface area contributed by atoms with Crippen LogP contribution in [0.15, 0.2) is 89.5 Å². The third-order valence-corrected chi connectivity index (χ3v) is 6.63. The van der Waals surface area contributed by atoms with Crippen molar-refractivity contribution >= 4 is 41.1 Å². The second kappa shape index (κ2) is 10.8. The molecule has 0 fully saturated rings. The maximum atomic E-state index is 13.5. The van der Waals surface area contributed by atoms with Crippen molar-refractivity contribution in [2.75, 3.05) is 0 Å². The Labute approximate surface area is 219 Å². The summed E-state index contributed by atoms with van der Waals surface area (Å²) in [6.45, 7) is 3.67. The molecular formula is C29H22Cl2N2O3. The van der Waals surface area contributed by atoms with E-state index in [1.165, 1.54) is 0 Å². The molecule has 0 aliphatic carbocycles. The summed E-state index contributed by atoms with van der Waals surface area (Å²) >= 11 is 12.1. The van der Waals surface area contributed by atoms with E-state index in [2.05, 4.69) is 0 Å². The van der Waals surface area contributed by atoms with Gasteiger partial charge in [0.1, 0.15) is 24.0 Å². The molecule has 0 spiro atoms. The van der Waals surface area contributed by atoms with Crippen LogP contribution in [0.3, 0.4) is 0 Å². The van der Waals surface area contributed by atoms with Gasteiger partial charge in [0.2, 0.25) is 0 Å². The van der Waals surface area contributed by atoms with Crippen molar-refractivity contribution in [3.05, 3.63) is 116 Å². The molecule has 0 aromatic heterocycles. The number of imide groups is 1. The molecule has 0 saturated carbocycles. The first-order valence-corrected chi connectivity index (χ1v) is 12.0. The van der Waals surface area contributed by atoms with Gasteiger partial charge in [-0.05, 0) is 60.9 Å². The number of halogens is 2. The van der Waals surface area contributed by atoms with E-state index in [1.54, 1.807) is 56.3 Å².